The van der Waals surface area contributed by atoms with Crippen molar-refractivity contribution < 1.29 is 27.5 Å². The Labute approximate surface area is 156 Å². The van der Waals surface area contributed by atoms with Crippen LogP contribution in [0.4, 0.5) is 11.4 Å². The number of carbonyl (C=O) groups is 2. The summed E-state index contributed by atoms with van der Waals surface area (Å²) in [4.78, 5) is 23.5. The summed E-state index contributed by atoms with van der Waals surface area (Å²) in [6.07, 6.45) is -0.209. The molecule has 0 radical (unpaired) electrons. The summed E-state index contributed by atoms with van der Waals surface area (Å²) in [5, 5.41) is 5.20. The van der Waals surface area contributed by atoms with E-state index in [0.29, 0.717) is 22.9 Å². The predicted molar refractivity (Wildman–Crippen MR) is 98.9 cm³/mol. The maximum absolute atomic E-state index is 12.5. The van der Waals surface area contributed by atoms with Gasteiger partial charge in [-0.25, -0.2) is 8.42 Å². The van der Waals surface area contributed by atoms with Crippen molar-refractivity contribution in [1.29, 1.82) is 0 Å². The molecule has 2 N–H and O–H groups in total. The summed E-state index contributed by atoms with van der Waals surface area (Å²) >= 11 is 0. The van der Waals surface area contributed by atoms with E-state index in [1.165, 1.54) is 25.3 Å². The van der Waals surface area contributed by atoms with Crippen LogP contribution in [0.5, 0.6) is 11.5 Å². The Kier molecular flexibility index (Phi) is 5.31. The Hall–Kier alpha value is -3.07. The van der Waals surface area contributed by atoms with Crippen LogP contribution in [0.15, 0.2) is 47.4 Å². The lowest BCUT2D eigenvalue weighted by Gasteiger charge is -2.18. The third-order valence-corrected chi connectivity index (χ3v) is 5.61. The van der Waals surface area contributed by atoms with Gasteiger partial charge in [-0.05, 0) is 30.3 Å². The Morgan fingerprint density at radius 1 is 1.26 bits per heavy atom. The van der Waals surface area contributed by atoms with Gasteiger partial charge in [-0.3, -0.25) is 9.59 Å². The van der Waals surface area contributed by atoms with Crippen LogP contribution in [0.1, 0.15) is 6.42 Å². The average Bonchev–Trinajstić information content (AvgIpc) is 2.66. The predicted octanol–water partition coefficient (Wildman–Crippen LogP) is 1.83. The topological polar surface area (TPSA) is 111 Å². The molecular weight excluding hydrogens is 372 g/mol. The standard InChI is InChI=1S/C18H18N2O6S/c1-25-13-4-2-3-12(9-13)19-17(21)7-8-27(23,24)14-5-6-16-15(10-14)20-18(22)11-26-16/h2-6,9-10H,7-8,11H2,1H3,(H,19,21)(H,20,22). The van der Waals surface area contributed by atoms with Crippen molar-refractivity contribution in [1.82, 2.24) is 0 Å². The molecule has 1 aliphatic rings. The number of sulfone groups is 1. The van der Waals surface area contributed by atoms with Gasteiger partial charge in [-0.1, -0.05) is 6.07 Å². The number of hydrogen-bond acceptors (Lipinski definition) is 6. The van der Waals surface area contributed by atoms with Crippen LogP contribution < -0.4 is 20.1 Å². The largest absolute Gasteiger partial charge is 0.497 e. The van der Waals surface area contributed by atoms with Crippen LogP contribution in [-0.4, -0.2) is 39.7 Å². The van der Waals surface area contributed by atoms with E-state index >= 15 is 0 Å². The third-order valence-electron chi connectivity index (χ3n) is 3.89. The summed E-state index contributed by atoms with van der Waals surface area (Å²) < 4.78 is 35.3. The lowest BCUT2D eigenvalue weighted by molar-refractivity contribution is -0.118. The normalized spacial score (nSPS) is 13.1. The minimum Gasteiger partial charge on any atom is -0.497 e. The second-order valence-corrected chi connectivity index (χ2v) is 7.95. The molecule has 0 saturated carbocycles. The van der Waals surface area contributed by atoms with Crippen LogP contribution >= 0.6 is 0 Å². The van der Waals surface area contributed by atoms with E-state index in [4.69, 9.17) is 9.47 Å². The van der Waals surface area contributed by atoms with Crippen LogP contribution in [0.25, 0.3) is 0 Å². The molecule has 2 amide bonds. The minimum atomic E-state index is -3.70. The SMILES string of the molecule is COc1cccc(NC(=O)CCS(=O)(=O)c2ccc3c(c2)NC(=O)CO3)c1. The molecule has 0 aliphatic carbocycles. The molecule has 0 aromatic heterocycles. The van der Waals surface area contributed by atoms with Crippen molar-refractivity contribution in [3.8, 4) is 11.5 Å². The molecule has 2 aromatic rings. The van der Waals surface area contributed by atoms with Gasteiger partial charge in [-0.15, -0.1) is 0 Å². The van der Waals surface area contributed by atoms with Gasteiger partial charge < -0.3 is 20.1 Å². The van der Waals surface area contributed by atoms with Gasteiger partial charge in [-0.2, -0.15) is 0 Å². The zero-order chi connectivity index (χ0) is 19.4. The van der Waals surface area contributed by atoms with E-state index in [-0.39, 0.29) is 29.6 Å². The molecule has 0 unspecified atom stereocenters. The summed E-state index contributed by atoms with van der Waals surface area (Å²) in [5.74, 6) is -0.157. The highest BCUT2D eigenvalue weighted by Crippen LogP contribution is 2.30. The van der Waals surface area contributed by atoms with E-state index in [1.807, 2.05) is 0 Å². The van der Waals surface area contributed by atoms with Crippen molar-refractivity contribution >= 4 is 33.0 Å². The highest BCUT2D eigenvalue weighted by Gasteiger charge is 2.21. The maximum Gasteiger partial charge on any atom is 0.262 e. The summed E-state index contributed by atoms with van der Waals surface area (Å²) in [5.41, 5.74) is 0.818. The van der Waals surface area contributed by atoms with Gasteiger partial charge in [0.05, 0.1) is 23.4 Å². The van der Waals surface area contributed by atoms with Crippen LogP contribution in [0, 0.1) is 0 Å². The van der Waals surface area contributed by atoms with E-state index in [9.17, 15) is 18.0 Å². The average molecular weight is 390 g/mol. The van der Waals surface area contributed by atoms with Crippen LogP contribution in [0.2, 0.25) is 0 Å². The number of nitrogens with one attached hydrogen (secondary N) is 2. The zero-order valence-electron chi connectivity index (χ0n) is 14.5. The van der Waals surface area contributed by atoms with Crippen molar-refractivity contribution in [2.45, 2.75) is 11.3 Å². The Morgan fingerprint density at radius 2 is 2.07 bits per heavy atom. The number of ether oxygens (including phenoxy) is 2. The van der Waals surface area contributed by atoms with Gasteiger partial charge in [0.25, 0.3) is 5.91 Å². The fraction of sp³-hybridized carbons (Fsp3) is 0.222. The molecular formula is C18H18N2O6S. The molecule has 1 aliphatic heterocycles. The minimum absolute atomic E-state index is 0.0150. The summed E-state index contributed by atoms with van der Waals surface area (Å²) in [7, 11) is -2.19. The van der Waals surface area contributed by atoms with E-state index in [1.54, 1.807) is 24.3 Å². The Bertz CT molecular complexity index is 987. The molecule has 0 atom stereocenters. The van der Waals surface area contributed by atoms with Crippen LogP contribution in [-0.2, 0) is 19.4 Å². The third kappa shape index (κ3) is 4.56. The van der Waals surface area contributed by atoms with Gasteiger partial charge in [0.2, 0.25) is 5.91 Å². The van der Waals surface area contributed by atoms with Crippen molar-refractivity contribution in [2.75, 3.05) is 30.1 Å². The van der Waals surface area contributed by atoms with Crippen molar-refractivity contribution in [3.05, 3.63) is 42.5 Å². The smallest absolute Gasteiger partial charge is 0.262 e. The molecule has 8 nitrogen and oxygen atoms in total. The van der Waals surface area contributed by atoms with Crippen molar-refractivity contribution in [2.24, 2.45) is 0 Å². The zero-order valence-corrected chi connectivity index (χ0v) is 15.3. The number of fused-ring (bicyclic) bond motifs is 1. The lowest BCUT2D eigenvalue weighted by Crippen LogP contribution is -2.25. The fourth-order valence-electron chi connectivity index (χ4n) is 2.52. The molecule has 3 rings (SSSR count). The number of methoxy groups -OCH3 is 1. The number of carbonyl (C=O) groups excluding carboxylic acids is 2. The van der Waals surface area contributed by atoms with E-state index < -0.39 is 15.7 Å². The molecule has 2 aromatic carbocycles. The summed E-state index contributed by atoms with van der Waals surface area (Å²) in [6, 6.07) is 11.0. The molecule has 0 saturated heterocycles. The molecule has 9 heteroatoms. The van der Waals surface area contributed by atoms with Crippen LogP contribution in [0.3, 0.4) is 0 Å². The van der Waals surface area contributed by atoms with Gasteiger partial charge >= 0.3 is 0 Å². The van der Waals surface area contributed by atoms with E-state index in [2.05, 4.69) is 10.6 Å². The molecule has 0 bridgehead atoms. The number of anilines is 2. The second-order valence-electron chi connectivity index (χ2n) is 5.84. The number of rotatable bonds is 6. The monoisotopic (exact) mass is 390 g/mol. The van der Waals surface area contributed by atoms with E-state index in [0.717, 1.165) is 0 Å². The second kappa shape index (κ2) is 7.67. The number of hydrogen-bond donors (Lipinski definition) is 2. The first-order chi connectivity index (χ1) is 12.9. The van der Waals surface area contributed by atoms with Gasteiger partial charge in [0.1, 0.15) is 11.5 Å². The fourth-order valence-corrected chi connectivity index (χ4v) is 3.79. The lowest BCUT2D eigenvalue weighted by atomic mass is 10.2. The van der Waals surface area contributed by atoms with Crippen molar-refractivity contribution in [3.63, 3.8) is 0 Å². The molecule has 0 fully saturated rings. The maximum atomic E-state index is 12.5. The first kappa shape index (κ1) is 18.7. The summed E-state index contributed by atoms with van der Waals surface area (Å²) in [6.45, 7) is -0.108. The number of amides is 2. The number of benzene rings is 2. The molecule has 142 valence electrons. The Morgan fingerprint density at radius 3 is 2.85 bits per heavy atom. The highest BCUT2D eigenvalue weighted by atomic mass is 32.2. The molecule has 1 heterocycles. The van der Waals surface area contributed by atoms with Gasteiger partial charge in [0.15, 0.2) is 16.4 Å². The Balaban J connectivity index is 1.65. The van der Waals surface area contributed by atoms with Gasteiger partial charge in [0, 0.05) is 18.2 Å². The highest BCUT2D eigenvalue weighted by molar-refractivity contribution is 7.91. The quantitative estimate of drug-likeness (QED) is 0.779. The molecule has 0 spiro atoms. The first-order valence-corrected chi connectivity index (χ1v) is 9.76. The molecule has 27 heavy (non-hydrogen) atoms. The first-order valence-electron chi connectivity index (χ1n) is 8.11.